The van der Waals surface area contributed by atoms with Crippen LogP contribution in [0.5, 0.6) is 5.75 Å². The Morgan fingerprint density at radius 3 is 2.89 bits per heavy atom. The number of ether oxygens (including phenoxy) is 1. The summed E-state index contributed by atoms with van der Waals surface area (Å²) in [7, 11) is 3.41. The maximum Gasteiger partial charge on any atom is 0.412 e. The maximum atomic E-state index is 11.3. The van der Waals surface area contributed by atoms with E-state index in [0.717, 1.165) is 17.5 Å². The Labute approximate surface area is 105 Å². The minimum absolute atomic E-state index is 0.463. The Morgan fingerprint density at radius 2 is 2.17 bits per heavy atom. The van der Waals surface area contributed by atoms with E-state index >= 15 is 0 Å². The van der Waals surface area contributed by atoms with Gasteiger partial charge in [0.1, 0.15) is 5.52 Å². The van der Waals surface area contributed by atoms with Gasteiger partial charge in [-0.25, -0.2) is 4.79 Å². The van der Waals surface area contributed by atoms with Gasteiger partial charge in [-0.3, -0.25) is 4.98 Å². The number of pyridine rings is 1. The molecule has 0 saturated carbocycles. The predicted molar refractivity (Wildman–Crippen MR) is 69.6 cm³/mol. The van der Waals surface area contributed by atoms with Crippen molar-refractivity contribution < 1.29 is 9.53 Å². The quantitative estimate of drug-likeness (QED) is 0.863. The van der Waals surface area contributed by atoms with E-state index in [4.69, 9.17) is 4.74 Å². The molecule has 1 amide bonds. The number of hydrogen-bond donors (Lipinski definition) is 2. The fraction of sp³-hybridized carbons (Fsp3) is 0.231. The zero-order chi connectivity index (χ0) is 13.0. The Morgan fingerprint density at radius 1 is 1.33 bits per heavy atom. The summed E-state index contributed by atoms with van der Waals surface area (Å²) in [6, 6.07) is 7.52. The van der Waals surface area contributed by atoms with E-state index in [1.165, 1.54) is 7.05 Å². The zero-order valence-corrected chi connectivity index (χ0v) is 10.4. The molecule has 0 aliphatic rings. The molecule has 5 heteroatoms. The highest BCUT2D eigenvalue weighted by Gasteiger charge is 2.10. The minimum atomic E-state index is -0.497. The minimum Gasteiger partial charge on any atom is -0.408 e. The van der Waals surface area contributed by atoms with Crippen LogP contribution >= 0.6 is 0 Å². The molecule has 0 radical (unpaired) electrons. The highest BCUT2D eigenvalue weighted by molar-refractivity contribution is 5.89. The van der Waals surface area contributed by atoms with E-state index in [-0.39, 0.29) is 0 Å². The van der Waals surface area contributed by atoms with Crippen molar-refractivity contribution in [3.05, 3.63) is 36.0 Å². The van der Waals surface area contributed by atoms with Gasteiger partial charge in [0.05, 0.1) is 0 Å². The number of rotatable bonds is 3. The normalized spacial score (nSPS) is 10.3. The fourth-order valence-corrected chi connectivity index (χ4v) is 1.78. The molecule has 2 aromatic rings. The van der Waals surface area contributed by atoms with Crippen LogP contribution in [0.1, 0.15) is 5.56 Å². The predicted octanol–water partition coefficient (Wildman–Crippen LogP) is 1.67. The molecule has 0 atom stereocenters. The molecule has 0 aliphatic carbocycles. The van der Waals surface area contributed by atoms with Crippen molar-refractivity contribution in [2.24, 2.45) is 0 Å². The van der Waals surface area contributed by atoms with Gasteiger partial charge < -0.3 is 15.4 Å². The first-order chi connectivity index (χ1) is 8.76. The number of nitrogens with one attached hydrogen (secondary N) is 2. The second-order valence-corrected chi connectivity index (χ2v) is 3.79. The van der Waals surface area contributed by atoms with Gasteiger partial charge in [-0.05, 0) is 24.7 Å². The summed E-state index contributed by atoms with van der Waals surface area (Å²) in [5.41, 5.74) is 1.80. The molecule has 1 aromatic carbocycles. The van der Waals surface area contributed by atoms with Crippen molar-refractivity contribution in [3.8, 4) is 5.75 Å². The van der Waals surface area contributed by atoms with Crippen LogP contribution in [0.15, 0.2) is 30.5 Å². The molecule has 18 heavy (non-hydrogen) atoms. The number of aromatic nitrogens is 1. The van der Waals surface area contributed by atoms with E-state index in [1.54, 1.807) is 12.3 Å². The molecular weight excluding hydrogens is 230 g/mol. The van der Waals surface area contributed by atoms with Gasteiger partial charge in [-0.1, -0.05) is 12.1 Å². The van der Waals surface area contributed by atoms with Gasteiger partial charge in [0, 0.05) is 25.2 Å². The molecular formula is C13H15N3O2. The van der Waals surface area contributed by atoms with Crippen LogP contribution in [0, 0.1) is 0 Å². The third-order valence-corrected chi connectivity index (χ3v) is 2.60. The molecule has 2 N–H and O–H groups in total. The van der Waals surface area contributed by atoms with Crippen LogP contribution in [-0.4, -0.2) is 25.2 Å². The van der Waals surface area contributed by atoms with Crippen LogP contribution < -0.4 is 15.4 Å². The Hall–Kier alpha value is -2.14. The topological polar surface area (TPSA) is 63.2 Å². The first-order valence-electron chi connectivity index (χ1n) is 5.67. The van der Waals surface area contributed by atoms with Gasteiger partial charge in [0.15, 0.2) is 5.75 Å². The molecule has 94 valence electrons. The number of amides is 1. The van der Waals surface area contributed by atoms with Crippen LogP contribution in [0.2, 0.25) is 0 Å². The number of hydrogen-bond acceptors (Lipinski definition) is 4. The molecule has 1 heterocycles. The molecule has 0 bridgehead atoms. The fourth-order valence-electron chi connectivity index (χ4n) is 1.78. The SMILES string of the molecule is CNCc1ccc(OC(=O)NC)c2ncccc12. The summed E-state index contributed by atoms with van der Waals surface area (Å²) in [4.78, 5) is 15.5. The summed E-state index contributed by atoms with van der Waals surface area (Å²) in [5, 5.41) is 6.50. The van der Waals surface area contributed by atoms with Crippen molar-refractivity contribution >= 4 is 17.0 Å². The molecule has 2 rings (SSSR count). The highest BCUT2D eigenvalue weighted by Crippen LogP contribution is 2.26. The lowest BCUT2D eigenvalue weighted by Crippen LogP contribution is -2.22. The second-order valence-electron chi connectivity index (χ2n) is 3.79. The Bertz CT molecular complexity index is 569. The van der Waals surface area contributed by atoms with Crippen molar-refractivity contribution in [3.63, 3.8) is 0 Å². The van der Waals surface area contributed by atoms with Crippen LogP contribution in [0.4, 0.5) is 4.79 Å². The van der Waals surface area contributed by atoms with Crippen molar-refractivity contribution in [1.29, 1.82) is 0 Å². The summed E-state index contributed by atoms with van der Waals surface area (Å²) in [6.07, 6.45) is 1.19. The average Bonchev–Trinajstić information content (AvgIpc) is 2.41. The van der Waals surface area contributed by atoms with E-state index in [1.807, 2.05) is 25.2 Å². The molecule has 0 aliphatic heterocycles. The number of carbonyl (C=O) groups is 1. The molecule has 0 spiro atoms. The average molecular weight is 245 g/mol. The number of fused-ring (bicyclic) bond motifs is 1. The lowest BCUT2D eigenvalue weighted by Gasteiger charge is -2.10. The van der Waals surface area contributed by atoms with Gasteiger partial charge in [0.25, 0.3) is 0 Å². The van der Waals surface area contributed by atoms with Gasteiger partial charge in [-0.2, -0.15) is 0 Å². The van der Waals surface area contributed by atoms with Gasteiger partial charge in [-0.15, -0.1) is 0 Å². The monoisotopic (exact) mass is 245 g/mol. The largest absolute Gasteiger partial charge is 0.412 e. The first kappa shape index (κ1) is 12.3. The molecule has 0 unspecified atom stereocenters. The summed E-state index contributed by atoms with van der Waals surface area (Å²) in [6.45, 7) is 0.739. The molecule has 0 fully saturated rings. The smallest absolute Gasteiger partial charge is 0.408 e. The van der Waals surface area contributed by atoms with E-state index in [2.05, 4.69) is 15.6 Å². The third-order valence-electron chi connectivity index (χ3n) is 2.60. The first-order valence-corrected chi connectivity index (χ1v) is 5.67. The van der Waals surface area contributed by atoms with Crippen LogP contribution in [0.25, 0.3) is 10.9 Å². The Balaban J connectivity index is 2.50. The number of nitrogens with zero attached hydrogens (tertiary/aromatic N) is 1. The van der Waals surface area contributed by atoms with Crippen molar-refractivity contribution in [2.75, 3.05) is 14.1 Å². The summed E-state index contributed by atoms with van der Waals surface area (Å²) in [5.74, 6) is 0.463. The lowest BCUT2D eigenvalue weighted by atomic mass is 10.1. The summed E-state index contributed by atoms with van der Waals surface area (Å²) < 4.78 is 5.18. The maximum absolute atomic E-state index is 11.3. The standard InChI is InChI=1S/C13H15N3O2/c1-14-8-9-5-6-11(18-13(17)15-2)12-10(9)4-3-7-16-12/h3-7,14H,8H2,1-2H3,(H,15,17). The van der Waals surface area contributed by atoms with Crippen LogP contribution in [0.3, 0.4) is 0 Å². The molecule has 1 aromatic heterocycles. The number of benzene rings is 1. The zero-order valence-electron chi connectivity index (χ0n) is 10.4. The van der Waals surface area contributed by atoms with Crippen molar-refractivity contribution in [2.45, 2.75) is 6.54 Å². The Kier molecular flexibility index (Phi) is 3.74. The summed E-state index contributed by atoms with van der Waals surface area (Å²) >= 11 is 0. The second kappa shape index (κ2) is 5.46. The molecule has 0 saturated heterocycles. The third kappa shape index (κ3) is 2.41. The van der Waals surface area contributed by atoms with Gasteiger partial charge >= 0.3 is 6.09 Å². The number of carbonyl (C=O) groups excluding carboxylic acids is 1. The van der Waals surface area contributed by atoms with Gasteiger partial charge in [0.2, 0.25) is 0 Å². The highest BCUT2D eigenvalue weighted by atomic mass is 16.6. The molecule has 5 nitrogen and oxygen atoms in total. The van der Waals surface area contributed by atoms with E-state index in [9.17, 15) is 4.79 Å². The van der Waals surface area contributed by atoms with E-state index in [0.29, 0.717) is 11.3 Å². The van der Waals surface area contributed by atoms with E-state index < -0.39 is 6.09 Å². The van der Waals surface area contributed by atoms with Crippen molar-refractivity contribution in [1.82, 2.24) is 15.6 Å². The lowest BCUT2D eigenvalue weighted by molar-refractivity contribution is 0.203. The van der Waals surface area contributed by atoms with Crippen LogP contribution in [-0.2, 0) is 6.54 Å².